The Hall–Kier alpha value is -1.49. The van der Waals surface area contributed by atoms with Crippen LogP contribution in [0.5, 0.6) is 0 Å². The molecule has 0 spiro atoms. The second-order valence-electron chi connectivity index (χ2n) is 3.58. The minimum atomic E-state index is -4.58. The summed E-state index contributed by atoms with van der Waals surface area (Å²) in [6, 6.07) is 8.81. The van der Waals surface area contributed by atoms with E-state index < -0.39 is 18.8 Å². The van der Waals surface area contributed by atoms with Gasteiger partial charge in [-0.05, 0) is 17.5 Å². The SMILES string of the molecule is OC(Cn1ccc2ccccc21)C(F)(F)F. The summed E-state index contributed by atoms with van der Waals surface area (Å²) in [5, 5.41) is 9.83. The van der Waals surface area contributed by atoms with Crippen LogP contribution >= 0.6 is 0 Å². The Balaban J connectivity index is 2.28. The predicted octanol–water partition coefficient (Wildman–Crippen LogP) is 2.56. The number of rotatable bonds is 2. The molecule has 5 heteroatoms. The Morgan fingerprint density at radius 2 is 1.88 bits per heavy atom. The van der Waals surface area contributed by atoms with Gasteiger partial charge in [0.2, 0.25) is 0 Å². The highest BCUT2D eigenvalue weighted by Gasteiger charge is 2.38. The molecule has 0 bridgehead atoms. The van der Waals surface area contributed by atoms with Crippen LogP contribution in [-0.4, -0.2) is 22.0 Å². The van der Waals surface area contributed by atoms with Crippen LogP contribution in [-0.2, 0) is 6.54 Å². The summed E-state index contributed by atoms with van der Waals surface area (Å²) in [6.45, 7) is -0.475. The Kier molecular flexibility index (Phi) is 2.63. The average Bonchev–Trinajstić information content (AvgIpc) is 2.61. The number of aliphatic hydroxyl groups excluding tert-OH is 1. The van der Waals surface area contributed by atoms with Gasteiger partial charge in [-0.3, -0.25) is 0 Å². The van der Waals surface area contributed by atoms with Crippen LogP contribution in [0.4, 0.5) is 13.2 Å². The Morgan fingerprint density at radius 3 is 2.56 bits per heavy atom. The molecular formula is C11H10F3NO. The van der Waals surface area contributed by atoms with Crippen molar-refractivity contribution in [1.82, 2.24) is 4.57 Å². The minimum absolute atomic E-state index is 0.475. The Labute approximate surface area is 89.9 Å². The molecule has 1 aromatic carbocycles. The first kappa shape index (κ1) is 11.0. The standard InChI is InChI=1S/C11H10F3NO/c12-11(13,14)10(16)7-15-6-5-8-3-1-2-4-9(8)15/h1-6,10,16H,7H2. The summed E-state index contributed by atoms with van der Waals surface area (Å²) in [6.07, 6.45) is -5.37. The maximum absolute atomic E-state index is 12.2. The van der Waals surface area contributed by atoms with Crippen molar-refractivity contribution < 1.29 is 18.3 Å². The van der Waals surface area contributed by atoms with E-state index in [9.17, 15) is 13.2 Å². The van der Waals surface area contributed by atoms with Crippen molar-refractivity contribution in [3.8, 4) is 0 Å². The van der Waals surface area contributed by atoms with E-state index in [2.05, 4.69) is 0 Å². The highest BCUT2D eigenvalue weighted by Crippen LogP contribution is 2.23. The van der Waals surface area contributed by atoms with Crippen molar-refractivity contribution in [2.45, 2.75) is 18.8 Å². The van der Waals surface area contributed by atoms with Crippen LogP contribution in [0.1, 0.15) is 0 Å². The van der Waals surface area contributed by atoms with E-state index in [-0.39, 0.29) is 0 Å². The number of alkyl halides is 3. The summed E-state index contributed by atoms with van der Waals surface area (Å²) in [4.78, 5) is 0. The molecule has 2 aromatic rings. The fraction of sp³-hybridized carbons (Fsp3) is 0.273. The molecule has 0 aliphatic carbocycles. The zero-order chi connectivity index (χ0) is 11.8. The first-order valence-corrected chi connectivity index (χ1v) is 4.77. The van der Waals surface area contributed by atoms with Gasteiger partial charge in [-0.15, -0.1) is 0 Å². The topological polar surface area (TPSA) is 25.2 Å². The van der Waals surface area contributed by atoms with Crippen LogP contribution < -0.4 is 0 Å². The molecule has 0 saturated heterocycles. The van der Waals surface area contributed by atoms with Gasteiger partial charge in [0.1, 0.15) is 0 Å². The molecule has 2 nitrogen and oxygen atoms in total. The summed E-state index contributed by atoms with van der Waals surface area (Å²) >= 11 is 0. The van der Waals surface area contributed by atoms with Crippen LogP contribution in [0.2, 0.25) is 0 Å². The van der Waals surface area contributed by atoms with Crippen LogP contribution in [0.15, 0.2) is 36.5 Å². The molecule has 1 atom stereocenters. The molecule has 1 N–H and O–H groups in total. The number of hydrogen-bond donors (Lipinski definition) is 1. The molecule has 0 saturated carbocycles. The predicted molar refractivity (Wildman–Crippen MR) is 54.0 cm³/mol. The van der Waals surface area contributed by atoms with Gasteiger partial charge in [0.25, 0.3) is 0 Å². The summed E-state index contributed by atoms with van der Waals surface area (Å²) in [5.41, 5.74) is 0.686. The minimum Gasteiger partial charge on any atom is -0.382 e. The van der Waals surface area contributed by atoms with Crippen molar-refractivity contribution in [1.29, 1.82) is 0 Å². The van der Waals surface area contributed by atoms with Gasteiger partial charge in [-0.25, -0.2) is 0 Å². The van der Waals surface area contributed by atoms with Crippen molar-refractivity contribution >= 4 is 10.9 Å². The lowest BCUT2D eigenvalue weighted by Crippen LogP contribution is -2.32. The summed E-state index contributed by atoms with van der Waals surface area (Å²) in [7, 11) is 0. The monoisotopic (exact) mass is 229 g/mol. The van der Waals surface area contributed by atoms with E-state index in [1.54, 1.807) is 24.4 Å². The van der Waals surface area contributed by atoms with E-state index in [1.165, 1.54) is 4.57 Å². The van der Waals surface area contributed by atoms with Crippen molar-refractivity contribution in [3.63, 3.8) is 0 Å². The third-order valence-electron chi connectivity index (χ3n) is 2.43. The first-order chi connectivity index (χ1) is 7.48. The maximum atomic E-state index is 12.2. The maximum Gasteiger partial charge on any atom is 0.416 e. The second-order valence-corrected chi connectivity index (χ2v) is 3.58. The number of benzene rings is 1. The van der Waals surface area contributed by atoms with Gasteiger partial charge in [-0.1, -0.05) is 18.2 Å². The molecular weight excluding hydrogens is 219 g/mol. The van der Waals surface area contributed by atoms with Crippen LogP contribution in [0.25, 0.3) is 10.9 Å². The van der Waals surface area contributed by atoms with Crippen LogP contribution in [0, 0.1) is 0 Å². The molecule has 1 heterocycles. The molecule has 0 aliphatic rings. The van der Waals surface area contributed by atoms with Gasteiger partial charge >= 0.3 is 6.18 Å². The Morgan fingerprint density at radius 1 is 1.19 bits per heavy atom. The summed E-state index contributed by atoms with van der Waals surface area (Å²) in [5.74, 6) is 0. The lowest BCUT2D eigenvalue weighted by molar-refractivity contribution is -0.207. The zero-order valence-corrected chi connectivity index (χ0v) is 8.28. The lowest BCUT2D eigenvalue weighted by Gasteiger charge is -2.15. The molecule has 1 aromatic heterocycles. The zero-order valence-electron chi connectivity index (χ0n) is 8.28. The quantitative estimate of drug-likeness (QED) is 0.841. The molecule has 86 valence electrons. The third-order valence-corrected chi connectivity index (χ3v) is 2.43. The van der Waals surface area contributed by atoms with E-state index in [1.807, 2.05) is 12.1 Å². The van der Waals surface area contributed by atoms with Crippen molar-refractivity contribution in [3.05, 3.63) is 36.5 Å². The Bertz CT molecular complexity index is 489. The van der Waals surface area contributed by atoms with Gasteiger partial charge in [0.15, 0.2) is 6.10 Å². The highest BCUT2D eigenvalue weighted by molar-refractivity contribution is 5.79. The summed E-state index contributed by atoms with van der Waals surface area (Å²) < 4.78 is 37.9. The third kappa shape index (κ3) is 2.04. The molecule has 0 amide bonds. The smallest absolute Gasteiger partial charge is 0.382 e. The number of nitrogens with zero attached hydrogens (tertiary/aromatic N) is 1. The highest BCUT2D eigenvalue weighted by atomic mass is 19.4. The number of aromatic nitrogens is 1. The molecule has 1 unspecified atom stereocenters. The molecule has 0 aliphatic heterocycles. The number of fused-ring (bicyclic) bond motifs is 1. The molecule has 2 rings (SSSR count). The van der Waals surface area contributed by atoms with E-state index in [0.717, 1.165) is 5.39 Å². The molecule has 0 fully saturated rings. The molecule has 0 radical (unpaired) electrons. The van der Waals surface area contributed by atoms with Crippen molar-refractivity contribution in [2.75, 3.05) is 0 Å². The largest absolute Gasteiger partial charge is 0.416 e. The number of hydrogen-bond acceptors (Lipinski definition) is 1. The van der Waals surface area contributed by atoms with Crippen molar-refractivity contribution in [2.24, 2.45) is 0 Å². The normalized spacial score (nSPS) is 14.2. The second kappa shape index (κ2) is 3.83. The number of para-hydroxylation sites is 1. The lowest BCUT2D eigenvalue weighted by atomic mass is 10.2. The van der Waals surface area contributed by atoms with Gasteiger partial charge in [0, 0.05) is 11.7 Å². The van der Waals surface area contributed by atoms with Gasteiger partial charge < -0.3 is 9.67 Å². The molecule has 16 heavy (non-hydrogen) atoms. The van der Waals surface area contributed by atoms with E-state index >= 15 is 0 Å². The van der Waals surface area contributed by atoms with Gasteiger partial charge in [-0.2, -0.15) is 13.2 Å². The number of halogens is 3. The van der Waals surface area contributed by atoms with Gasteiger partial charge in [0.05, 0.1) is 6.54 Å². The average molecular weight is 229 g/mol. The van der Waals surface area contributed by atoms with E-state index in [4.69, 9.17) is 5.11 Å². The van der Waals surface area contributed by atoms with Crippen LogP contribution in [0.3, 0.4) is 0 Å². The fourth-order valence-electron chi connectivity index (χ4n) is 1.59. The fourth-order valence-corrected chi connectivity index (χ4v) is 1.59. The first-order valence-electron chi connectivity index (χ1n) is 4.77. The van der Waals surface area contributed by atoms with E-state index in [0.29, 0.717) is 5.52 Å². The number of aliphatic hydroxyl groups is 1.